The largest absolute Gasteiger partial charge is 0.496 e. The highest BCUT2D eigenvalue weighted by molar-refractivity contribution is 6.03. The molecule has 27 heavy (non-hydrogen) atoms. The van der Waals surface area contributed by atoms with Crippen molar-refractivity contribution in [1.29, 1.82) is 0 Å². The van der Waals surface area contributed by atoms with Gasteiger partial charge in [-0.2, -0.15) is 0 Å². The smallest absolute Gasteiger partial charge is 0.328 e. The molecule has 0 heterocycles. The zero-order chi connectivity index (χ0) is 20.1. The molecule has 0 bridgehead atoms. The van der Waals surface area contributed by atoms with Crippen molar-refractivity contribution in [1.82, 2.24) is 0 Å². The first kappa shape index (κ1) is 20.3. The van der Waals surface area contributed by atoms with E-state index in [2.05, 4.69) is 0 Å². The van der Waals surface area contributed by atoms with E-state index in [0.29, 0.717) is 11.3 Å². The van der Waals surface area contributed by atoms with Gasteiger partial charge in [0.1, 0.15) is 5.75 Å². The molecule has 0 saturated carbocycles. The van der Waals surface area contributed by atoms with Crippen LogP contribution < -0.4 is 4.74 Å². The Labute approximate surface area is 156 Å². The van der Waals surface area contributed by atoms with Crippen LogP contribution >= 0.6 is 0 Å². The fraction of sp³-hybridized carbons (Fsp3) is 0.200. The minimum Gasteiger partial charge on any atom is -0.496 e. The number of carboxylic acids is 1. The second-order valence-corrected chi connectivity index (χ2v) is 5.75. The molecule has 2 rings (SSSR count). The Kier molecular flexibility index (Phi) is 6.12. The zero-order valence-electron chi connectivity index (χ0n) is 14.8. The Morgan fingerprint density at radius 1 is 1.07 bits per heavy atom. The van der Waals surface area contributed by atoms with Crippen LogP contribution in [0.3, 0.4) is 0 Å². The molecule has 142 valence electrons. The number of hydrogen-bond donors (Lipinski definition) is 3. The van der Waals surface area contributed by atoms with E-state index in [1.165, 1.54) is 31.4 Å². The molecular formula is C20H20O7. The average Bonchev–Trinajstić information content (AvgIpc) is 2.65. The molecule has 7 heteroatoms. The molecular weight excluding hydrogens is 352 g/mol. The molecule has 0 radical (unpaired) electrons. The Morgan fingerprint density at radius 2 is 1.78 bits per heavy atom. The lowest BCUT2D eigenvalue weighted by atomic mass is 9.81. The molecule has 1 aromatic carbocycles. The summed E-state index contributed by atoms with van der Waals surface area (Å²) in [6.07, 6.45) is 8.13. The van der Waals surface area contributed by atoms with Gasteiger partial charge in [0.25, 0.3) is 0 Å². The molecule has 0 amide bonds. The molecule has 0 aromatic heterocycles. The molecule has 1 aliphatic rings. The summed E-state index contributed by atoms with van der Waals surface area (Å²) in [5, 5.41) is 29.4. The number of benzene rings is 1. The molecule has 0 spiro atoms. The molecule has 0 fully saturated rings. The maximum absolute atomic E-state index is 12.8. The minimum atomic E-state index is -2.62. The number of carbonyl (C=O) groups is 2. The standard InChI is InChI=1S/C20H20O7/c1-26-16-6-4-3-5-15(16)8-9-17(21)19(27-2)13-14(7-10-18(22)23)11-12-20(19,24)25/h3-13,24-25H,1-2H3,(H,22,23)/b9-8+,10-7+. The number of ether oxygens (including phenoxy) is 2. The number of carbonyl (C=O) groups excluding carboxylic acids is 1. The van der Waals surface area contributed by atoms with Crippen LogP contribution in [0.4, 0.5) is 0 Å². The Hall–Kier alpha value is -3.00. The first-order chi connectivity index (χ1) is 12.8. The molecule has 0 saturated heterocycles. The fourth-order valence-electron chi connectivity index (χ4n) is 2.65. The van der Waals surface area contributed by atoms with Gasteiger partial charge in [-0.15, -0.1) is 0 Å². The summed E-state index contributed by atoms with van der Waals surface area (Å²) in [6.45, 7) is 0. The van der Waals surface area contributed by atoms with Gasteiger partial charge in [0.15, 0.2) is 5.78 Å². The van der Waals surface area contributed by atoms with E-state index < -0.39 is 23.1 Å². The van der Waals surface area contributed by atoms with Crippen LogP contribution in [-0.2, 0) is 14.3 Å². The average molecular weight is 372 g/mol. The van der Waals surface area contributed by atoms with Crippen LogP contribution in [-0.4, -0.2) is 52.7 Å². The number of aliphatic hydroxyl groups is 2. The van der Waals surface area contributed by atoms with Crippen molar-refractivity contribution in [2.24, 2.45) is 0 Å². The lowest BCUT2D eigenvalue weighted by Crippen LogP contribution is -2.59. The van der Waals surface area contributed by atoms with E-state index in [0.717, 1.165) is 25.3 Å². The number of aliphatic carboxylic acids is 1. The molecule has 1 atom stereocenters. The zero-order valence-corrected chi connectivity index (χ0v) is 14.8. The van der Waals surface area contributed by atoms with E-state index in [1.54, 1.807) is 24.3 Å². The fourth-order valence-corrected chi connectivity index (χ4v) is 2.65. The molecule has 3 N–H and O–H groups in total. The highest BCUT2D eigenvalue weighted by Crippen LogP contribution is 2.34. The summed E-state index contributed by atoms with van der Waals surface area (Å²) in [5.41, 5.74) is -1.25. The second kappa shape index (κ2) is 8.13. The van der Waals surface area contributed by atoms with Crippen LogP contribution in [0.1, 0.15) is 5.56 Å². The third-order valence-corrected chi connectivity index (χ3v) is 4.08. The van der Waals surface area contributed by atoms with Crippen LogP contribution in [0, 0.1) is 0 Å². The number of rotatable bonds is 7. The topological polar surface area (TPSA) is 113 Å². The summed E-state index contributed by atoms with van der Waals surface area (Å²) >= 11 is 0. The quantitative estimate of drug-likeness (QED) is 0.491. The monoisotopic (exact) mass is 372 g/mol. The van der Waals surface area contributed by atoms with E-state index in [9.17, 15) is 19.8 Å². The van der Waals surface area contributed by atoms with Gasteiger partial charge >= 0.3 is 5.97 Å². The van der Waals surface area contributed by atoms with Crippen LogP contribution in [0.2, 0.25) is 0 Å². The molecule has 1 aromatic rings. The number of carboxylic acid groups (broad SMARTS) is 1. The first-order valence-corrected chi connectivity index (χ1v) is 7.94. The number of para-hydroxylation sites is 1. The van der Waals surface area contributed by atoms with Gasteiger partial charge in [0.05, 0.1) is 7.11 Å². The van der Waals surface area contributed by atoms with Crippen molar-refractivity contribution in [3.8, 4) is 5.75 Å². The van der Waals surface area contributed by atoms with E-state index in [-0.39, 0.29) is 5.57 Å². The predicted molar refractivity (Wildman–Crippen MR) is 97.9 cm³/mol. The third kappa shape index (κ3) is 4.22. The maximum atomic E-state index is 12.8. The number of methoxy groups -OCH3 is 2. The first-order valence-electron chi connectivity index (χ1n) is 7.94. The van der Waals surface area contributed by atoms with Gasteiger partial charge in [0.2, 0.25) is 11.4 Å². The molecule has 7 nitrogen and oxygen atoms in total. The second-order valence-electron chi connectivity index (χ2n) is 5.75. The minimum absolute atomic E-state index is 0.275. The van der Waals surface area contributed by atoms with Gasteiger partial charge in [-0.1, -0.05) is 24.3 Å². The third-order valence-electron chi connectivity index (χ3n) is 4.08. The number of allylic oxidation sites excluding steroid dienone is 3. The Morgan fingerprint density at radius 3 is 2.41 bits per heavy atom. The van der Waals surface area contributed by atoms with Crippen molar-refractivity contribution >= 4 is 17.8 Å². The van der Waals surface area contributed by atoms with Crippen LogP contribution in [0.25, 0.3) is 6.08 Å². The van der Waals surface area contributed by atoms with Gasteiger partial charge in [-0.05, 0) is 42.0 Å². The Bertz CT molecular complexity index is 846. The molecule has 1 unspecified atom stereocenters. The lowest BCUT2D eigenvalue weighted by Gasteiger charge is -2.39. The van der Waals surface area contributed by atoms with Crippen molar-refractivity contribution in [3.63, 3.8) is 0 Å². The van der Waals surface area contributed by atoms with Crippen LogP contribution in [0.5, 0.6) is 5.75 Å². The normalized spacial score (nSPS) is 21.4. The SMILES string of the molecule is COc1ccccc1/C=C/C(=O)C1(OC)C=C(/C=C/C(=O)O)C=CC1(O)O. The van der Waals surface area contributed by atoms with Gasteiger partial charge in [0, 0.05) is 18.7 Å². The Balaban J connectivity index is 2.43. The van der Waals surface area contributed by atoms with Crippen molar-refractivity contribution < 1.29 is 34.4 Å². The van der Waals surface area contributed by atoms with Gasteiger partial charge in [-0.25, -0.2) is 4.79 Å². The van der Waals surface area contributed by atoms with Crippen molar-refractivity contribution in [3.05, 3.63) is 71.9 Å². The van der Waals surface area contributed by atoms with Gasteiger partial charge in [-0.3, -0.25) is 4.79 Å². The van der Waals surface area contributed by atoms with E-state index in [1.807, 2.05) is 0 Å². The van der Waals surface area contributed by atoms with Gasteiger partial charge < -0.3 is 24.8 Å². The van der Waals surface area contributed by atoms with Crippen molar-refractivity contribution in [2.75, 3.05) is 14.2 Å². The number of ketones is 1. The molecule has 1 aliphatic carbocycles. The predicted octanol–water partition coefficient (Wildman–Crippen LogP) is 1.48. The van der Waals surface area contributed by atoms with Crippen molar-refractivity contribution in [2.45, 2.75) is 11.4 Å². The highest BCUT2D eigenvalue weighted by atomic mass is 16.6. The maximum Gasteiger partial charge on any atom is 0.328 e. The van der Waals surface area contributed by atoms with E-state index in [4.69, 9.17) is 14.6 Å². The summed E-state index contributed by atoms with van der Waals surface area (Å²) < 4.78 is 10.4. The summed E-state index contributed by atoms with van der Waals surface area (Å²) in [6, 6.07) is 6.98. The lowest BCUT2D eigenvalue weighted by molar-refractivity contribution is -0.226. The summed E-state index contributed by atoms with van der Waals surface area (Å²) in [5.74, 6) is -4.01. The van der Waals surface area contributed by atoms with Crippen LogP contribution in [0.15, 0.2) is 66.3 Å². The van der Waals surface area contributed by atoms with E-state index >= 15 is 0 Å². The highest BCUT2D eigenvalue weighted by Gasteiger charge is 2.53. The summed E-state index contributed by atoms with van der Waals surface area (Å²) in [4.78, 5) is 23.5. The summed E-state index contributed by atoms with van der Waals surface area (Å²) in [7, 11) is 2.65. The molecule has 0 aliphatic heterocycles. The number of hydrogen-bond acceptors (Lipinski definition) is 6.